The van der Waals surface area contributed by atoms with Gasteiger partial charge in [-0.1, -0.05) is 78.7 Å². The number of allylic oxidation sites excluding steroid dienone is 1. The summed E-state index contributed by atoms with van der Waals surface area (Å²) >= 11 is 0. The van der Waals surface area contributed by atoms with E-state index in [0.717, 1.165) is 6.42 Å². The van der Waals surface area contributed by atoms with Gasteiger partial charge in [0.1, 0.15) is 0 Å². The van der Waals surface area contributed by atoms with Gasteiger partial charge in [-0.3, -0.25) is 0 Å². The van der Waals surface area contributed by atoms with Crippen LogP contribution in [0.25, 0.3) is 0 Å². The highest BCUT2D eigenvalue weighted by Crippen LogP contribution is 2.38. The van der Waals surface area contributed by atoms with Crippen molar-refractivity contribution in [2.75, 3.05) is 0 Å². The van der Waals surface area contributed by atoms with Crippen molar-refractivity contribution < 1.29 is 4.43 Å². The Balaban J connectivity index is 4.30. The van der Waals surface area contributed by atoms with Crippen LogP contribution in [-0.2, 0) is 4.43 Å². The third-order valence-corrected chi connectivity index (χ3v) is 9.87. The van der Waals surface area contributed by atoms with E-state index in [9.17, 15) is 0 Å². The maximum absolute atomic E-state index is 6.72. The van der Waals surface area contributed by atoms with Crippen LogP contribution in [-0.4, -0.2) is 14.4 Å². The fraction of sp³-hybridized carbons (Fsp3) is 0.905. The van der Waals surface area contributed by atoms with Gasteiger partial charge in [0.05, 0.1) is 0 Å². The summed E-state index contributed by atoms with van der Waals surface area (Å²) in [6.07, 6.45) is 16.9. The lowest BCUT2D eigenvalue weighted by Crippen LogP contribution is -2.44. The molecule has 1 atom stereocenters. The summed E-state index contributed by atoms with van der Waals surface area (Å²) in [5.41, 5.74) is 0. The first-order chi connectivity index (χ1) is 10.7. The molecule has 0 aromatic carbocycles. The van der Waals surface area contributed by atoms with Crippen molar-refractivity contribution in [1.29, 1.82) is 0 Å². The number of unbranched alkanes of at least 4 members (excludes halogenated alkanes) is 7. The molecule has 0 fully saturated rings. The Morgan fingerprint density at radius 1 is 0.913 bits per heavy atom. The van der Waals surface area contributed by atoms with Gasteiger partial charge in [-0.2, -0.15) is 0 Å². The molecule has 0 rings (SSSR count). The number of hydrogen-bond donors (Lipinski definition) is 0. The fourth-order valence-corrected chi connectivity index (χ4v) is 4.09. The monoisotopic (exact) mass is 340 g/mol. The first kappa shape index (κ1) is 22.9. The number of hydrogen-bond acceptors (Lipinski definition) is 1. The van der Waals surface area contributed by atoms with Gasteiger partial charge in [0.25, 0.3) is 0 Å². The summed E-state index contributed by atoms with van der Waals surface area (Å²) in [6, 6.07) is 0. The van der Waals surface area contributed by atoms with E-state index >= 15 is 0 Å². The Bertz CT molecular complexity index is 291. The lowest BCUT2D eigenvalue weighted by molar-refractivity contribution is 0.154. The first-order valence-electron chi connectivity index (χ1n) is 10.0. The highest BCUT2D eigenvalue weighted by Gasteiger charge is 2.38. The lowest BCUT2D eigenvalue weighted by Gasteiger charge is -2.39. The van der Waals surface area contributed by atoms with Gasteiger partial charge in [-0.05, 0) is 43.8 Å². The third kappa shape index (κ3) is 11.2. The Labute approximate surface area is 148 Å². The molecule has 2 heteroatoms. The molecule has 0 saturated heterocycles. The topological polar surface area (TPSA) is 9.23 Å². The van der Waals surface area contributed by atoms with Crippen molar-refractivity contribution >= 4 is 8.32 Å². The van der Waals surface area contributed by atoms with Gasteiger partial charge in [0.15, 0.2) is 8.32 Å². The normalized spacial score (nSPS) is 14.0. The summed E-state index contributed by atoms with van der Waals surface area (Å²) in [6.45, 7) is 17.9. The number of rotatable bonds is 14. The second kappa shape index (κ2) is 12.3. The smallest absolute Gasteiger partial charge is 0.192 e. The molecule has 0 aliphatic rings. The summed E-state index contributed by atoms with van der Waals surface area (Å²) in [5, 5.41) is 0.313. The Morgan fingerprint density at radius 2 is 1.43 bits per heavy atom. The van der Waals surface area contributed by atoms with Crippen LogP contribution in [0.3, 0.4) is 0 Å². The Kier molecular flexibility index (Phi) is 12.3. The molecule has 0 radical (unpaired) electrons. The van der Waals surface area contributed by atoms with Crippen LogP contribution in [0.2, 0.25) is 18.1 Å². The molecule has 0 aliphatic heterocycles. The summed E-state index contributed by atoms with van der Waals surface area (Å²) in [5.74, 6) is 0. The average Bonchev–Trinajstić information content (AvgIpc) is 2.45. The molecule has 0 aromatic heterocycles. The van der Waals surface area contributed by atoms with Crippen molar-refractivity contribution in [2.45, 2.75) is 123 Å². The van der Waals surface area contributed by atoms with Crippen LogP contribution in [0.4, 0.5) is 0 Å². The van der Waals surface area contributed by atoms with E-state index in [1.54, 1.807) is 0 Å². The molecule has 0 bridgehead atoms. The molecular formula is C21H44OSi. The van der Waals surface area contributed by atoms with Crippen LogP contribution in [0.15, 0.2) is 12.7 Å². The van der Waals surface area contributed by atoms with Crippen LogP contribution in [0.1, 0.15) is 98.3 Å². The zero-order chi connectivity index (χ0) is 17.8. The predicted molar refractivity (Wildman–Crippen MR) is 109 cm³/mol. The molecule has 138 valence electrons. The van der Waals surface area contributed by atoms with Crippen molar-refractivity contribution in [2.24, 2.45) is 0 Å². The largest absolute Gasteiger partial charge is 0.414 e. The highest BCUT2D eigenvalue weighted by atomic mass is 28.4. The Morgan fingerprint density at radius 3 is 1.96 bits per heavy atom. The van der Waals surface area contributed by atoms with E-state index in [-0.39, 0.29) is 0 Å². The van der Waals surface area contributed by atoms with Crippen molar-refractivity contribution in [3.05, 3.63) is 12.7 Å². The van der Waals surface area contributed by atoms with Crippen molar-refractivity contribution in [3.63, 3.8) is 0 Å². The van der Waals surface area contributed by atoms with Gasteiger partial charge in [-0.15, -0.1) is 6.58 Å². The molecule has 0 saturated carbocycles. The molecular weight excluding hydrogens is 296 g/mol. The molecule has 23 heavy (non-hydrogen) atoms. The maximum atomic E-state index is 6.72. The molecule has 0 aromatic rings. The van der Waals surface area contributed by atoms with Gasteiger partial charge in [0, 0.05) is 6.10 Å². The molecule has 0 N–H and O–H groups in total. The maximum Gasteiger partial charge on any atom is 0.192 e. The van der Waals surface area contributed by atoms with Crippen molar-refractivity contribution in [3.8, 4) is 0 Å². The zero-order valence-electron chi connectivity index (χ0n) is 17.0. The van der Waals surface area contributed by atoms with E-state index in [1.807, 2.05) is 6.08 Å². The van der Waals surface area contributed by atoms with Crippen molar-refractivity contribution in [1.82, 2.24) is 0 Å². The quantitative estimate of drug-likeness (QED) is 0.177. The SMILES string of the molecule is C=CCCCC[C@@H](CCCCCCCC)O[Si](C)(C)C(C)(C)C. The van der Waals surface area contributed by atoms with E-state index in [2.05, 4.69) is 47.4 Å². The molecule has 0 aliphatic carbocycles. The molecule has 0 heterocycles. The lowest BCUT2D eigenvalue weighted by atomic mass is 10.0. The zero-order valence-corrected chi connectivity index (χ0v) is 18.0. The molecule has 1 nitrogen and oxygen atoms in total. The van der Waals surface area contributed by atoms with Crippen LogP contribution in [0, 0.1) is 0 Å². The minimum absolute atomic E-state index is 0.313. The second-order valence-corrected chi connectivity index (χ2v) is 13.4. The van der Waals surface area contributed by atoms with Crippen LogP contribution >= 0.6 is 0 Å². The predicted octanol–water partition coefficient (Wildman–Crippen LogP) is 7.87. The van der Waals surface area contributed by atoms with E-state index in [4.69, 9.17) is 4.43 Å². The van der Waals surface area contributed by atoms with E-state index < -0.39 is 8.32 Å². The standard InChI is InChI=1S/C21H44OSi/c1-8-10-12-14-15-17-19-20(18-16-13-11-9-2)22-23(6,7)21(3,4)5/h9,20H,2,8,10-19H2,1,3-7H3/t20-/m0/s1. The summed E-state index contributed by atoms with van der Waals surface area (Å²) in [7, 11) is -1.64. The minimum Gasteiger partial charge on any atom is -0.414 e. The molecule has 0 unspecified atom stereocenters. The fourth-order valence-electron chi connectivity index (χ4n) is 2.67. The first-order valence-corrected chi connectivity index (χ1v) is 12.9. The average molecular weight is 341 g/mol. The van der Waals surface area contributed by atoms with E-state index in [1.165, 1.54) is 64.2 Å². The third-order valence-electron chi connectivity index (χ3n) is 5.33. The van der Waals surface area contributed by atoms with Crippen LogP contribution < -0.4 is 0 Å². The molecule has 0 spiro atoms. The minimum atomic E-state index is -1.64. The van der Waals surface area contributed by atoms with Crippen LogP contribution in [0.5, 0.6) is 0 Å². The van der Waals surface area contributed by atoms with Gasteiger partial charge >= 0.3 is 0 Å². The second-order valence-electron chi connectivity index (χ2n) is 8.63. The van der Waals surface area contributed by atoms with Gasteiger partial charge in [-0.25, -0.2) is 0 Å². The molecule has 0 amide bonds. The summed E-state index contributed by atoms with van der Waals surface area (Å²) < 4.78 is 6.72. The van der Waals surface area contributed by atoms with Gasteiger partial charge < -0.3 is 4.43 Å². The van der Waals surface area contributed by atoms with Gasteiger partial charge in [0.2, 0.25) is 0 Å². The highest BCUT2D eigenvalue weighted by molar-refractivity contribution is 6.74. The Hall–Kier alpha value is -0.0831. The van der Waals surface area contributed by atoms with E-state index in [0.29, 0.717) is 11.1 Å². The summed E-state index contributed by atoms with van der Waals surface area (Å²) in [4.78, 5) is 0.